The molecular formula is C17H16N4O7S. The molecule has 0 unspecified atom stereocenters. The number of benzene rings is 2. The summed E-state index contributed by atoms with van der Waals surface area (Å²) >= 11 is 0. The molecular weight excluding hydrogens is 404 g/mol. The highest BCUT2D eigenvalue weighted by molar-refractivity contribution is 7.92. The van der Waals surface area contributed by atoms with Gasteiger partial charge >= 0.3 is 0 Å². The maximum atomic E-state index is 12.2. The normalized spacial score (nSPS) is 12.7. The molecule has 1 aliphatic heterocycles. The number of sulfonamides is 1. The van der Waals surface area contributed by atoms with Gasteiger partial charge in [0.15, 0.2) is 11.5 Å². The lowest BCUT2D eigenvalue weighted by molar-refractivity contribution is -0.384. The standard InChI is InChI=1S/C17H16N4O7S/c1-29(25,26)20(13-3-2-4-14(8-13)21(23)24)10-17(22)19-18-9-12-5-6-15-16(7-12)28-11-27-15/h2-9H,10-11H2,1H3,(H,19,22)/b18-9-. The zero-order valence-corrected chi connectivity index (χ0v) is 16.0. The number of carbonyl (C=O) groups excluding carboxylic acids is 1. The van der Waals surface area contributed by atoms with Crippen molar-refractivity contribution in [2.75, 3.05) is 23.9 Å². The van der Waals surface area contributed by atoms with Gasteiger partial charge in [-0.25, -0.2) is 13.8 Å². The number of nitrogens with zero attached hydrogens (tertiary/aromatic N) is 3. The first-order valence-electron chi connectivity index (χ1n) is 8.18. The van der Waals surface area contributed by atoms with Gasteiger partial charge in [-0.2, -0.15) is 5.10 Å². The van der Waals surface area contributed by atoms with E-state index in [9.17, 15) is 23.3 Å². The molecule has 0 bridgehead atoms. The average molecular weight is 420 g/mol. The highest BCUT2D eigenvalue weighted by Gasteiger charge is 2.22. The molecule has 0 aliphatic carbocycles. The number of hydrogen-bond donors (Lipinski definition) is 1. The van der Waals surface area contributed by atoms with Crippen LogP contribution in [0.3, 0.4) is 0 Å². The number of carbonyl (C=O) groups is 1. The third-order valence-electron chi connectivity index (χ3n) is 3.82. The minimum Gasteiger partial charge on any atom is -0.454 e. The molecule has 12 heteroatoms. The van der Waals surface area contributed by atoms with Crippen LogP contribution in [0.15, 0.2) is 47.6 Å². The van der Waals surface area contributed by atoms with Crippen LogP contribution in [0.1, 0.15) is 5.56 Å². The maximum absolute atomic E-state index is 12.2. The van der Waals surface area contributed by atoms with E-state index in [1.165, 1.54) is 24.4 Å². The number of fused-ring (bicyclic) bond motifs is 1. The van der Waals surface area contributed by atoms with Gasteiger partial charge in [0.25, 0.3) is 11.6 Å². The number of non-ortho nitro benzene ring substituents is 1. The Morgan fingerprint density at radius 3 is 2.76 bits per heavy atom. The van der Waals surface area contributed by atoms with Crippen molar-refractivity contribution in [2.24, 2.45) is 5.10 Å². The van der Waals surface area contributed by atoms with Gasteiger partial charge in [0.1, 0.15) is 6.54 Å². The number of nitro benzene ring substituents is 1. The molecule has 1 N–H and O–H groups in total. The summed E-state index contributed by atoms with van der Waals surface area (Å²) in [6.07, 6.45) is 2.26. The van der Waals surface area contributed by atoms with Crippen molar-refractivity contribution in [2.45, 2.75) is 0 Å². The molecule has 11 nitrogen and oxygen atoms in total. The van der Waals surface area contributed by atoms with E-state index in [1.54, 1.807) is 18.2 Å². The third-order valence-corrected chi connectivity index (χ3v) is 4.96. The molecule has 0 radical (unpaired) electrons. The van der Waals surface area contributed by atoms with E-state index in [-0.39, 0.29) is 18.2 Å². The quantitative estimate of drug-likeness (QED) is 0.404. The number of anilines is 1. The van der Waals surface area contributed by atoms with Crippen molar-refractivity contribution < 1.29 is 27.6 Å². The van der Waals surface area contributed by atoms with E-state index < -0.39 is 27.4 Å². The maximum Gasteiger partial charge on any atom is 0.271 e. The van der Waals surface area contributed by atoms with Crippen LogP contribution in [-0.2, 0) is 14.8 Å². The predicted molar refractivity (Wildman–Crippen MR) is 104 cm³/mol. The summed E-state index contributed by atoms with van der Waals surface area (Å²) in [6, 6.07) is 10.1. The molecule has 0 saturated carbocycles. The van der Waals surface area contributed by atoms with Crippen LogP contribution in [0.25, 0.3) is 0 Å². The summed E-state index contributed by atoms with van der Waals surface area (Å²) in [7, 11) is -3.87. The van der Waals surface area contributed by atoms with Crippen LogP contribution in [0.2, 0.25) is 0 Å². The summed E-state index contributed by atoms with van der Waals surface area (Å²) in [5.41, 5.74) is 2.56. The minimum absolute atomic E-state index is 0.00315. The van der Waals surface area contributed by atoms with Crippen LogP contribution in [0, 0.1) is 10.1 Å². The summed E-state index contributed by atoms with van der Waals surface area (Å²) in [4.78, 5) is 22.4. The Morgan fingerprint density at radius 2 is 2.03 bits per heavy atom. The number of ether oxygens (including phenoxy) is 2. The summed E-state index contributed by atoms with van der Waals surface area (Å²) in [6.45, 7) is -0.468. The van der Waals surface area contributed by atoms with Gasteiger partial charge in [-0.3, -0.25) is 19.2 Å². The van der Waals surface area contributed by atoms with Crippen molar-refractivity contribution in [1.82, 2.24) is 5.43 Å². The fraction of sp³-hybridized carbons (Fsp3) is 0.176. The van der Waals surface area contributed by atoms with Crippen LogP contribution in [-0.4, -0.2) is 45.1 Å². The van der Waals surface area contributed by atoms with Gasteiger partial charge in [0.05, 0.1) is 23.1 Å². The fourth-order valence-electron chi connectivity index (χ4n) is 2.50. The highest BCUT2D eigenvalue weighted by Crippen LogP contribution is 2.32. The lowest BCUT2D eigenvalue weighted by Crippen LogP contribution is -2.39. The van der Waals surface area contributed by atoms with E-state index in [1.807, 2.05) is 0 Å². The second kappa shape index (κ2) is 8.14. The third kappa shape index (κ3) is 4.99. The van der Waals surface area contributed by atoms with Crippen LogP contribution < -0.4 is 19.2 Å². The zero-order valence-electron chi connectivity index (χ0n) is 15.1. The second-order valence-corrected chi connectivity index (χ2v) is 7.86. The Bertz CT molecular complexity index is 1080. The van der Waals surface area contributed by atoms with Crippen molar-refractivity contribution in [1.29, 1.82) is 0 Å². The molecule has 1 amide bonds. The fourth-order valence-corrected chi connectivity index (χ4v) is 3.35. The van der Waals surface area contributed by atoms with Crippen molar-refractivity contribution in [3.05, 3.63) is 58.1 Å². The first-order valence-corrected chi connectivity index (χ1v) is 10.0. The van der Waals surface area contributed by atoms with Gasteiger partial charge in [-0.05, 0) is 29.8 Å². The minimum atomic E-state index is -3.87. The van der Waals surface area contributed by atoms with Crippen LogP contribution in [0.5, 0.6) is 11.5 Å². The number of amides is 1. The largest absolute Gasteiger partial charge is 0.454 e. The lowest BCUT2D eigenvalue weighted by Gasteiger charge is -2.21. The molecule has 29 heavy (non-hydrogen) atoms. The average Bonchev–Trinajstić information content (AvgIpc) is 3.13. The molecule has 2 aromatic carbocycles. The zero-order chi connectivity index (χ0) is 21.0. The smallest absolute Gasteiger partial charge is 0.271 e. The molecule has 152 valence electrons. The summed E-state index contributed by atoms with van der Waals surface area (Å²) in [5, 5.41) is 14.7. The molecule has 2 aromatic rings. The summed E-state index contributed by atoms with van der Waals surface area (Å²) < 4.78 is 35.3. The van der Waals surface area contributed by atoms with E-state index >= 15 is 0 Å². The van der Waals surface area contributed by atoms with E-state index in [4.69, 9.17) is 9.47 Å². The lowest BCUT2D eigenvalue weighted by atomic mass is 10.2. The Hall–Kier alpha value is -3.67. The van der Waals surface area contributed by atoms with Gasteiger partial charge in [-0.1, -0.05) is 6.07 Å². The van der Waals surface area contributed by atoms with Gasteiger partial charge in [0.2, 0.25) is 16.8 Å². The first kappa shape index (κ1) is 20.1. The monoisotopic (exact) mass is 420 g/mol. The van der Waals surface area contributed by atoms with E-state index in [0.717, 1.165) is 16.6 Å². The number of hydrogen-bond acceptors (Lipinski definition) is 8. The highest BCUT2D eigenvalue weighted by atomic mass is 32.2. The number of hydrazone groups is 1. The topological polar surface area (TPSA) is 140 Å². The molecule has 0 aromatic heterocycles. The predicted octanol–water partition coefficient (Wildman–Crippen LogP) is 1.24. The Kier molecular flexibility index (Phi) is 5.64. The van der Waals surface area contributed by atoms with E-state index in [0.29, 0.717) is 17.1 Å². The Labute approximate surface area is 165 Å². The van der Waals surface area contributed by atoms with E-state index in [2.05, 4.69) is 10.5 Å². The van der Waals surface area contributed by atoms with Gasteiger partial charge in [-0.15, -0.1) is 0 Å². The second-order valence-electron chi connectivity index (χ2n) is 5.95. The van der Waals surface area contributed by atoms with Crippen LogP contribution >= 0.6 is 0 Å². The molecule has 3 rings (SSSR count). The Morgan fingerprint density at radius 1 is 1.28 bits per heavy atom. The SMILES string of the molecule is CS(=O)(=O)N(CC(=O)N/N=C\c1ccc2c(c1)OCO2)c1cccc([N+](=O)[O-])c1. The molecule has 0 saturated heterocycles. The van der Waals surface area contributed by atoms with Crippen molar-refractivity contribution >= 4 is 33.5 Å². The first-order chi connectivity index (χ1) is 13.7. The van der Waals surface area contributed by atoms with Gasteiger partial charge < -0.3 is 9.47 Å². The van der Waals surface area contributed by atoms with Gasteiger partial charge in [0, 0.05) is 12.1 Å². The van der Waals surface area contributed by atoms with Crippen LogP contribution in [0.4, 0.5) is 11.4 Å². The number of rotatable bonds is 7. The molecule has 0 spiro atoms. The molecule has 1 heterocycles. The van der Waals surface area contributed by atoms with Crippen molar-refractivity contribution in [3.63, 3.8) is 0 Å². The Balaban J connectivity index is 1.69. The molecule has 0 atom stereocenters. The summed E-state index contributed by atoms with van der Waals surface area (Å²) in [5.74, 6) is 0.431. The van der Waals surface area contributed by atoms with Crippen molar-refractivity contribution in [3.8, 4) is 11.5 Å². The molecule has 0 fully saturated rings. The number of nitrogens with one attached hydrogen (secondary N) is 1. The number of nitro groups is 1. The molecule has 1 aliphatic rings.